The topological polar surface area (TPSA) is 47.6 Å². The molecule has 2 fully saturated rings. The summed E-state index contributed by atoms with van der Waals surface area (Å²) >= 11 is 0. The molecular formula is C28H35NO3. The molecule has 1 saturated carbocycles. The number of piperidine rings is 1. The van der Waals surface area contributed by atoms with Crippen LogP contribution in [-0.2, 0) is 0 Å². The second kappa shape index (κ2) is 9.66. The van der Waals surface area contributed by atoms with Crippen LogP contribution in [0, 0.1) is 11.8 Å². The molecule has 0 unspecified atom stereocenters. The summed E-state index contributed by atoms with van der Waals surface area (Å²) in [6.45, 7) is 4.74. The highest BCUT2D eigenvalue weighted by molar-refractivity contribution is 5.96. The van der Waals surface area contributed by atoms with E-state index in [9.17, 15) is 4.79 Å². The Morgan fingerprint density at radius 2 is 1.81 bits per heavy atom. The number of rotatable bonds is 7. The molecule has 2 aromatic carbocycles. The van der Waals surface area contributed by atoms with Gasteiger partial charge in [0.1, 0.15) is 0 Å². The molecule has 1 saturated heterocycles. The molecule has 4 nitrogen and oxygen atoms in total. The number of hydrogen-bond donors (Lipinski definition) is 1. The Balaban J connectivity index is 1.16. The quantitative estimate of drug-likeness (QED) is 0.539. The van der Waals surface area contributed by atoms with Crippen molar-refractivity contribution < 1.29 is 14.3 Å². The summed E-state index contributed by atoms with van der Waals surface area (Å²) < 4.78 is 11.3. The number of benzene rings is 2. The minimum absolute atomic E-state index is 0.308. The molecule has 3 aliphatic rings. The number of ketones is 1. The van der Waals surface area contributed by atoms with Crippen molar-refractivity contribution >= 4 is 5.78 Å². The summed E-state index contributed by atoms with van der Waals surface area (Å²) in [6.07, 6.45) is 7.88. The van der Waals surface area contributed by atoms with Crippen LogP contribution in [0.1, 0.15) is 85.2 Å². The van der Waals surface area contributed by atoms with E-state index in [-0.39, 0.29) is 0 Å². The summed E-state index contributed by atoms with van der Waals surface area (Å²) in [7, 11) is 0. The zero-order valence-corrected chi connectivity index (χ0v) is 19.1. The van der Waals surface area contributed by atoms with Crippen LogP contribution in [0.4, 0.5) is 0 Å². The third kappa shape index (κ3) is 4.71. The van der Waals surface area contributed by atoms with Crippen LogP contribution in [0.25, 0.3) is 0 Å². The van der Waals surface area contributed by atoms with E-state index in [0.717, 1.165) is 48.9 Å². The standard InChI is InChI=1S/C28H35NO3/c1-19(25-3-2-4-27-28(25)32-18-31-27)15-21-5-6-24(16-21)22-7-9-23(10-8-22)26(30)17-20-11-13-29-14-12-20/h2-4,7-10,19-21,24,29H,5-6,11-18H2,1H3/t19-,21+,24+/m0/s1. The van der Waals surface area contributed by atoms with Crippen LogP contribution < -0.4 is 14.8 Å². The monoisotopic (exact) mass is 433 g/mol. The normalized spacial score (nSPS) is 23.9. The summed E-state index contributed by atoms with van der Waals surface area (Å²) in [5.41, 5.74) is 3.56. The fourth-order valence-electron chi connectivity index (χ4n) is 5.97. The van der Waals surface area contributed by atoms with Gasteiger partial charge in [0.15, 0.2) is 17.3 Å². The van der Waals surface area contributed by atoms with Crippen molar-refractivity contribution in [3.63, 3.8) is 0 Å². The Morgan fingerprint density at radius 3 is 2.62 bits per heavy atom. The predicted molar refractivity (Wildman–Crippen MR) is 127 cm³/mol. The molecule has 0 amide bonds. The number of para-hydroxylation sites is 1. The van der Waals surface area contributed by atoms with E-state index in [1.165, 1.54) is 36.8 Å². The number of carbonyl (C=O) groups is 1. The number of ether oxygens (including phenoxy) is 2. The number of nitrogens with one attached hydrogen (secondary N) is 1. The van der Waals surface area contributed by atoms with Crippen LogP contribution in [0.3, 0.4) is 0 Å². The van der Waals surface area contributed by atoms with Gasteiger partial charge >= 0.3 is 0 Å². The van der Waals surface area contributed by atoms with Crippen molar-refractivity contribution in [1.82, 2.24) is 5.32 Å². The number of carbonyl (C=O) groups excluding carboxylic acids is 1. The molecule has 4 heteroatoms. The first kappa shape index (κ1) is 21.5. The van der Waals surface area contributed by atoms with Gasteiger partial charge in [-0.15, -0.1) is 0 Å². The van der Waals surface area contributed by atoms with Gasteiger partial charge in [0.05, 0.1) is 0 Å². The van der Waals surface area contributed by atoms with Crippen molar-refractivity contribution in [2.24, 2.45) is 11.8 Å². The zero-order valence-electron chi connectivity index (χ0n) is 19.1. The lowest BCUT2D eigenvalue weighted by atomic mass is 9.87. The Labute approximate surface area is 191 Å². The van der Waals surface area contributed by atoms with Gasteiger partial charge in [-0.05, 0) is 86.9 Å². The van der Waals surface area contributed by atoms with Gasteiger partial charge in [-0.2, -0.15) is 0 Å². The average molecular weight is 434 g/mol. The summed E-state index contributed by atoms with van der Waals surface area (Å²) in [5, 5.41) is 3.38. The van der Waals surface area contributed by atoms with Gasteiger partial charge in [-0.25, -0.2) is 0 Å². The molecule has 0 radical (unpaired) electrons. The molecule has 1 N–H and O–H groups in total. The SMILES string of the molecule is C[C@@H](C[C@H]1CC[C@@H](c2ccc(C(=O)CC3CCNCC3)cc2)C1)c1cccc2c1OCO2. The van der Waals surface area contributed by atoms with Gasteiger partial charge < -0.3 is 14.8 Å². The molecule has 170 valence electrons. The van der Waals surface area contributed by atoms with Crippen LogP contribution >= 0.6 is 0 Å². The highest BCUT2D eigenvalue weighted by atomic mass is 16.7. The molecule has 0 aromatic heterocycles. The molecular weight excluding hydrogens is 398 g/mol. The van der Waals surface area contributed by atoms with Crippen LogP contribution in [-0.4, -0.2) is 25.7 Å². The van der Waals surface area contributed by atoms with Crippen LogP contribution in [0.2, 0.25) is 0 Å². The van der Waals surface area contributed by atoms with Gasteiger partial charge in [0.25, 0.3) is 0 Å². The first-order valence-corrected chi connectivity index (χ1v) is 12.4. The first-order chi connectivity index (χ1) is 15.7. The zero-order chi connectivity index (χ0) is 21.9. The smallest absolute Gasteiger partial charge is 0.231 e. The van der Waals surface area contributed by atoms with Crippen molar-refractivity contribution in [3.05, 3.63) is 59.2 Å². The molecule has 32 heavy (non-hydrogen) atoms. The van der Waals surface area contributed by atoms with Gasteiger partial charge in [-0.1, -0.05) is 43.3 Å². The van der Waals surface area contributed by atoms with Crippen LogP contribution in [0.15, 0.2) is 42.5 Å². The highest BCUT2D eigenvalue weighted by Crippen LogP contribution is 2.45. The second-order valence-electron chi connectivity index (χ2n) is 10.0. The number of fused-ring (bicyclic) bond motifs is 1. The third-order valence-electron chi connectivity index (χ3n) is 7.82. The van der Waals surface area contributed by atoms with Crippen molar-refractivity contribution in [1.29, 1.82) is 0 Å². The lowest BCUT2D eigenvalue weighted by molar-refractivity contribution is 0.0952. The molecule has 1 aliphatic carbocycles. The van der Waals surface area contributed by atoms with Crippen molar-refractivity contribution in [3.8, 4) is 11.5 Å². The largest absolute Gasteiger partial charge is 0.454 e. The molecule has 0 bridgehead atoms. The van der Waals surface area contributed by atoms with Crippen LogP contribution in [0.5, 0.6) is 11.5 Å². The molecule has 5 rings (SSSR count). The molecule has 2 aliphatic heterocycles. The molecule has 0 spiro atoms. The number of hydrogen-bond acceptors (Lipinski definition) is 4. The highest BCUT2D eigenvalue weighted by Gasteiger charge is 2.29. The molecule has 3 atom stereocenters. The fraction of sp³-hybridized carbons (Fsp3) is 0.536. The summed E-state index contributed by atoms with van der Waals surface area (Å²) in [6, 6.07) is 14.8. The van der Waals surface area contributed by atoms with Gasteiger partial charge in [0.2, 0.25) is 6.79 Å². The van der Waals surface area contributed by atoms with Crippen molar-refractivity contribution in [2.45, 2.75) is 63.7 Å². The third-order valence-corrected chi connectivity index (χ3v) is 7.82. The first-order valence-electron chi connectivity index (χ1n) is 12.4. The van der Waals surface area contributed by atoms with Crippen molar-refractivity contribution in [2.75, 3.05) is 19.9 Å². The maximum Gasteiger partial charge on any atom is 0.231 e. The van der Waals surface area contributed by atoms with E-state index < -0.39 is 0 Å². The summed E-state index contributed by atoms with van der Waals surface area (Å²) in [4.78, 5) is 12.7. The molecule has 2 aromatic rings. The lowest BCUT2D eigenvalue weighted by Crippen LogP contribution is -2.28. The summed E-state index contributed by atoms with van der Waals surface area (Å²) in [5.74, 6) is 4.49. The average Bonchev–Trinajstić information content (AvgIpc) is 3.49. The van der Waals surface area contributed by atoms with Gasteiger partial charge in [-0.3, -0.25) is 4.79 Å². The second-order valence-corrected chi connectivity index (χ2v) is 10.0. The number of Topliss-reactive ketones (excluding diaryl/α,β-unsaturated/α-hetero) is 1. The maximum atomic E-state index is 12.7. The van der Waals surface area contributed by atoms with E-state index in [2.05, 4.69) is 48.6 Å². The minimum Gasteiger partial charge on any atom is -0.454 e. The lowest BCUT2D eigenvalue weighted by Gasteiger charge is -2.21. The Morgan fingerprint density at radius 1 is 1.00 bits per heavy atom. The fourth-order valence-corrected chi connectivity index (χ4v) is 5.97. The van der Waals surface area contributed by atoms with E-state index in [4.69, 9.17) is 9.47 Å². The predicted octanol–water partition coefficient (Wildman–Crippen LogP) is 6.07. The maximum absolute atomic E-state index is 12.7. The van der Waals surface area contributed by atoms with E-state index in [1.807, 2.05) is 6.07 Å². The van der Waals surface area contributed by atoms with E-state index in [1.54, 1.807) is 0 Å². The van der Waals surface area contributed by atoms with E-state index in [0.29, 0.717) is 36.8 Å². The van der Waals surface area contributed by atoms with E-state index >= 15 is 0 Å². The molecule has 2 heterocycles. The Bertz CT molecular complexity index is 932. The van der Waals surface area contributed by atoms with Gasteiger partial charge in [0, 0.05) is 17.5 Å². The Hall–Kier alpha value is -2.33. The minimum atomic E-state index is 0.308. The Kier molecular flexibility index (Phi) is 6.49.